The average molecular weight is 384 g/mol. The molecule has 0 fully saturated rings. The third-order valence-electron chi connectivity index (χ3n) is 2.47. The van der Waals surface area contributed by atoms with E-state index in [1.807, 2.05) is 12.1 Å². The Morgan fingerprint density at radius 2 is 2.30 bits per heavy atom. The average Bonchev–Trinajstić information content (AvgIpc) is 2.89. The Labute approximate surface area is 130 Å². The number of methoxy groups -OCH3 is 1. The van der Waals surface area contributed by atoms with Crippen LogP contribution < -0.4 is 10.1 Å². The molecule has 2 aromatic heterocycles. The number of rotatable bonds is 5. The molecule has 0 radical (unpaired) electrons. The van der Waals surface area contributed by atoms with E-state index in [2.05, 4.69) is 32.9 Å². The van der Waals surface area contributed by atoms with E-state index in [0.29, 0.717) is 18.2 Å². The molecule has 0 saturated heterocycles. The van der Waals surface area contributed by atoms with Gasteiger partial charge in [0.15, 0.2) is 3.77 Å². The molecule has 2 rings (SSSR count). The van der Waals surface area contributed by atoms with Crippen molar-refractivity contribution in [3.8, 4) is 5.88 Å². The van der Waals surface area contributed by atoms with E-state index < -0.39 is 0 Å². The number of carbonyl (C=O) groups excluding carboxylic acids is 1. The van der Waals surface area contributed by atoms with E-state index in [0.717, 1.165) is 9.33 Å². The van der Waals surface area contributed by atoms with Crippen molar-refractivity contribution in [1.82, 2.24) is 10.3 Å². The van der Waals surface area contributed by atoms with Crippen LogP contribution in [0.4, 0.5) is 0 Å². The molecule has 20 heavy (non-hydrogen) atoms. The van der Waals surface area contributed by atoms with Crippen molar-refractivity contribution in [1.29, 1.82) is 0 Å². The molecular formula is C14H13IN2O3. The van der Waals surface area contributed by atoms with Gasteiger partial charge in [0, 0.05) is 24.9 Å². The molecule has 2 heterocycles. The minimum absolute atomic E-state index is 0.188. The molecule has 0 spiro atoms. The van der Waals surface area contributed by atoms with Crippen LogP contribution in [0.2, 0.25) is 0 Å². The predicted molar refractivity (Wildman–Crippen MR) is 83.1 cm³/mol. The summed E-state index contributed by atoms with van der Waals surface area (Å²) in [5, 5.41) is 2.76. The molecule has 1 amide bonds. The van der Waals surface area contributed by atoms with Crippen LogP contribution in [0.25, 0.3) is 6.08 Å². The molecule has 0 aliphatic carbocycles. The van der Waals surface area contributed by atoms with Gasteiger partial charge in [0.2, 0.25) is 11.8 Å². The van der Waals surface area contributed by atoms with Gasteiger partial charge in [-0.3, -0.25) is 4.79 Å². The summed E-state index contributed by atoms with van der Waals surface area (Å²) >= 11 is 2.07. The van der Waals surface area contributed by atoms with Crippen LogP contribution in [0.5, 0.6) is 5.88 Å². The highest BCUT2D eigenvalue weighted by atomic mass is 127. The highest BCUT2D eigenvalue weighted by Gasteiger charge is 2.00. The summed E-state index contributed by atoms with van der Waals surface area (Å²) in [6.07, 6.45) is 4.73. The number of furan rings is 1. The third kappa shape index (κ3) is 4.37. The molecule has 5 nitrogen and oxygen atoms in total. The minimum atomic E-state index is -0.188. The first-order valence-corrected chi connectivity index (χ1v) is 6.95. The van der Waals surface area contributed by atoms with Crippen molar-refractivity contribution in [2.75, 3.05) is 7.11 Å². The van der Waals surface area contributed by atoms with Crippen LogP contribution >= 0.6 is 22.6 Å². The molecule has 0 unspecified atom stereocenters. The Kier molecular flexibility index (Phi) is 5.16. The number of nitrogens with zero attached hydrogens (tertiary/aromatic N) is 1. The topological polar surface area (TPSA) is 64.4 Å². The Balaban J connectivity index is 1.83. The zero-order valence-corrected chi connectivity index (χ0v) is 13.0. The number of halogens is 1. The zero-order chi connectivity index (χ0) is 14.4. The van der Waals surface area contributed by atoms with Crippen LogP contribution in [-0.4, -0.2) is 18.0 Å². The van der Waals surface area contributed by atoms with Gasteiger partial charge in [-0.05, 0) is 46.4 Å². The van der Waals surface area contributed by atoms with Gasteiger partial charge in [-0.1, -0.05) is 6.07 Å². The third-order valence-corrected chi connectivity index (χ3v) is 3.05. The van der Waals surface area contributed by atoms with Crippen LogP contribution in [-0.2, 0) is 11.3 Å². The number of hydrogen-bond acceptors (Lipinski definition) is 4. The Morgan fingerprint density at radius 3 is 2.90 bits per heavy atom. The summed E-state index contributed by atoms with van der Waals surface area (Å²) in [5.74, 6) is 1.01. The number of ether oxygens (including phenoxy) is 1. The van der Waals surface area contributed by atoms with Gasteiger partial charge in [-0.15, -0.1) is 0 Å². The molecule has 0 bridgehead atoms. The number of carbonyl (C=O) groups is 1. The van der Waals surface area contributed by atoms with Gasteiger partial charge in [0.05, 0.1) is 7.11 Å². The molecule has 104 valence electrons. The fraction of sp³-hybridized carbons (Fsp3) is 0.143. The largest absolute Gasteiger partial charge is 0.481 e. The summed E-state index contributed by atoms with van der Waals surface area (Å²) in [7, 11) is 1.56. The fourth-order valence-corrected chi connectivity index (χ4v) is 1.89. The summed E-state index contributed by atoms with van der Waals surface area (Å²) in [4.78, 5) is 15.7. The quantitative estimate of drug-likeness (QED) is 0.636. The van der Waals surface area contributed by atoms with Gasteiger partial charge >= 0.3 is 0 Å². The second kappa shape index (κ2) is 7.09. The van der Waals surface area contributed by atoms with Crippen LogP contribution in [0.15, 0.2) is 41.0 Å². The predicted octanol–water partition coefficient (Wildman–Crippen LogP) is 2.62. The van der Waals surface area contributed by atoms with Gasteiger partial charge in [-0.2, -0.15) is 0 Å². The molecule has 0 aliphatic rings. The molecule has 2 aromatic rings. The Bertz CT molecular complexity index is 605. The van der Waals surface area contributed by atoms with E-state index >= 15 is 0 Å². The normalized spacial score (nSPS) is 10.7. The van der Waals surface area contributed by atoms with Crippen molar-refractivity contribution in [3.05, 3.63) is 51.6 Å². The summed E-state index contributed by atoms with van der Waals surface area (Å²) in [5.41, 5.74) is 0.903. The first-order valence-electron chi connectivity index (χ1n) is 5.87. The highest BCUT2D eigenvalue weighted by molar-refractivity contribution is 14.1. The number of aromatic nitrogens is 1. The van der Waals surface area contributed by atoms with E-state index in [1.54, 1.807) is 31.5 Å². The molecule has 0 aliphatic heterocycles. The lowest BCUT2D eigenvalue weighted by molar-refractivity contribution is -0.116. The number of nitrogens with one attached hydrogen (secondary N) is 1. The van der Waals surface area contributed by atoms with E-state index in [1.165, 1.54) is 6.08 Å². The molecule has 0 saturated carbocycles. The van der Waals surface area contributed by atoms with E-state index in [4.69, 9.17) is 9.15 Å². The van der Waals surface area contributed by atoms with Crippen LogP contribution in [0.1, 0.15) is 11.3 Å². The Morgan fingerprint density at radius 1 is 1.45 bits per heavy atom. The summed E-state index contributed by atoms with van der Waals surface area (Å²) in [6.45, 7) is 0.413. The van der Waals surface area contributed by atoms with Gasteiger partial charge in [0.25, 0.3) is 0 Å². The van der Waals surface area contributed by atoms with Crippen molar-refractivity contribution in [2.24, 2.45) is 0 Å². The van der Waals surface area contributed by atoms with Gasteiger partial charge < -0.3 is 14.5 Å². The van der Waals surface area contributed by atoms with Crippen molar-refractivity contribution < 1.29 is 13.9 Å². The molecular weight excluding hydrogens is 371 g/mol. The van der Waals surface area contributed by atoms with Crippen LogP contribution in [0.3, 0.4) is 0 Å². The lowest BCUT2D eigenvalue weighted by Crippen LogP contribution is -2.20. The Hall–Kier alpha value is -1.83. The minimum Gasteiger partial charge on any atom is -0.481 e. The maximum atomic E-state index is 11.6. The number of pyridine rings is 1. The standard InChI is InChI=1S/C14H13IN2O3/c1-19-14-7-2-10(9-17-14)8-16-13(18)6-4-11-3-5-12(15)20-11/h2-7,9H,8H2,1H3,(H,16,18)/b6-4+. The number of amides is 1. The second-order valence-corrected chi connectivity index (χ2v) is 4.97. The molecule has 6 heteroatoms. The second-order valence-electron chi connectivity index (χ2n) is 3.90. The van der Waals surface area contributed by atoms with Gasteiger partial charge in [-0.25, -0.2) is 4.98 Å². The van der Waals surface area contributed by atoms with Crippen molar-refractivity contribution in [3.63, 3.8) is 0 Å². The zero-order valence-electron chi connectivity index (χ0n) is 10.8. The smallest absolute Gasteiger partial charge is 0.244 e. The maximum Gasteiger partial charge on any atom is 0.244 e. The van der Waals surface area contributed by atoms with E-state index in [-0.39, 0.29) is 5.91 Å². The van der Waals surface area contributed by atoms with Crippen molar-refractivity contribution >= 4 is 34.6 Å². The maximum absolute atomic E-state index is 11.6. The SMILES string of the molecule is COc1ccc(CNC(=O)/C=C/c2ccc(I)o2)cn1. The number of hydrogen-bond donors (Lipinski definition) is 1. The summed E-state index contributed by atoms with van der Waals surface area (Å²) < 4.78 is 11.1. The van der Waals surface area contributed by atoms with E-state index in [9.17, 15) is 4.79 Å². The molecule has 0 aromatic carbocycles. The molecule has 0 atom stereocenters. The van der Waals surface area contributed by atoms with Gasteiger partial charge in [0.1, 0.15) is 5.76 Å². The lowest BCUT2D eigenvalue weighted by atomic mass is 10.3. The highest BCUT2D eigenvalue weighted by Crippen LogP contribution is 2.11. The van der Waals surface area contributed by atoms with Crippen molar-refractivity contribution in [2.45, 2.75) is 6.54 Å². The van der Waals surface area contributed by atoms with Crippen LogP contribution in [0, 0.1) is 3.77 Å². The fourth-order valence-electron chi connectivity index (χ4n) is 1.46. The monoisotopic (exact) mass is 384 g/mol. The first-order chi connectivity index (χ1) is 9.67. The lowest BCUT2D eigenvalue weighted by Gasteiger charge is -2.03. The first kappa shape index (κ1) is 14.6. The summed E-state index contributed by atoms with van der Waals surface area (Å²) in [6, 6.07) is 7.24. The molecule has 1 N–H and O–H groups in total.